The van der Waals surface area contributed by atoms with Gasteiger partial charge >= 0.3 is 0 Å². The van der Waals surface area contributed by atoms with E-state index in [9.17, 15) is 0 Å². The van der Waals surface area contributed by atoms with E-state index in [0.29, 0.717) is 0 Å². The standard InChI is InChI=1S/C14H17Br2N3/c1-9-13(16)12(19(3)18-9)8-14(2,17)10-5-4-6-11(15)7-10/h4-7H,8,17H2,1-3H3. The number of hydrogen-bond acceptors (Lipinski definition) is 2. The lowest BCUT2D eigenvalue weighted by molar-refractivity contribution is 0.471. The van der Waals surface area contributed by atoms with Crippen LogP contribution in [0.2, 0.25) is 0 Å². The third-order valence-corrected chi connectivity index (χ3v) is 4.81. The van der Waals surface area contributed by atoms with Gasteiger partial charge < -0.3 is 5.73 Å². The summed E-state index contributed by atoms with van der Waals surface area (Å²) in [6, 6.07) is 8.14. The Hall–Kier alpha value is -0.650. The van der Waals surface area contributed by atoms with Gasteiger partial charge in [-0.3, -0.25) is 4.68 Å². The number of hydrogen-bond donors (Lipinski definition) is 1. The molecule has 2 rings (SSSR count). The van der Waals surface area contributed by atoms with Crippen molar-refractivity contribution >= 4 is 31.9 Å². The van der Waals surface area contributed by atoms with Crippen LogP contribution in [0.25, 0.3) is 0 Å². The maximum absolute atomic E-state index is 6.50. The highest BCUT2D eigenvalue weighted by atomic mass is 79.9. The Morgan fingerprint density at radius 2 is 2.05 bits per heavy atom. The van der Waals surface area contributed by atoms with E-state index in [1.54, 1.807) is 0 Å². The van der Waals surface area contributed by atoms with Crippen molar-refractivity contribution in [2.24, 2.45) is 12.8 Å². The van der Waals surface area contributed by atoms with Crippen LogP contribution >= 0.6 is 31.9 Å². The molecular weight excluding hydrogens is 370 g/mol. The molecule has 0 aliphatic carbocycles. The fourth-order valence-electron chi connectivity index (χ4n) is 2.17. The lowest BCUT2D eigenvalue weighted by Gasteiger charge is -2.25. The molecule has 0 aliphatic rings. The molecule has 1 atom stereocenters. The van der Waals surface area contributed by atoms with E-state index in [0.717, 1.165) is 32.3 Å². The predicted molar refractivity (Wildman–Crippen MR) is 85.0 cm³/mol. The van der Waals surface area contributed by atoms with Crippen molar-refractivity contribution in [1.29, 1.82) is 0 Å². The molecule has 0 fully saturated rings. The molecule has 0 spiro atoms. The number of halogens is 2. The molecule has 102 valence electrons. The Morgan fingerprint density at radius 1 is 1.37 bits per heavy atom. The number of nitrogens with two attached hydrogens (primary N) is 1. The van der Waals surface area contributed by atoms with Crippen LogP contribution in [0.15, 0.2) is 33.2 Å². The van der Waals surface area contributed by atoms with E-state index in [2.05, 4.69) is 49.1 Å². The second kappa shape index (κ2) is 5.38. The van der Waals surface area contributed by atoms with E-state index in [-0.39, 0.29) is 0 Å². The van der Waals surface area contributed by atoms with Gasteiger partial charge in [-0.2, -0.15) is 5.10 Å². The third-order valence-electron chi connectivity index (χ3n) is 3.28. The van der Waals surface area contributed by atoms with Gasteiger partial charge in [0.15, 0.2) is 0 Å². The van der Waals surface area contributed by atoms with Crippen molar-refractivity contribution in [2.75, 3.05) is 0 Å². The summed E-state index contributed by atoms with van der Waals surface area (Å²) < 4.78 is 3.98. The summed E-state index contributed by atoms with van der Waals surface area (Å²) in [4.78, 5) is 0. The zero-order valence-corrected chi connectivity index (χ0v) is 14.4. The lowest BCUT2D eigenvalue weighted by atomic mass is 9.88. The first-order chi connectivity index (χ1) is 8.81. The average Bonchev–Trinajstić information content (AvgIpc) is 2.56. The van der Waals surface area contributed by atoms with Gasteiger partial charge in [0.2, 0.25) is 0 Å². The van der Waals surface area contributed by atoms with Crippen molar-refractivity contribution in [1.82, 2.24) is 9.78 Å². The Kier molecular flexibility index (Phi) is 4.18. The molecule has 19 heavy (non-hydrogen) atoms. The molecule has 0 saturated carbocycles. The van der Waals surface area contributed by atoms with Gasteiger partial charge in [-0.05, 0) is 47.5 Å². The first-order valence-corrected chi connectivity index (χ1v) is 7.63. The smallest absolute Gasteiger partial charge is 0.0738 e. The second-order valence-electron chi connectivity index (χ2n) is 5.07. The third kappa shape index (κ3) is 3.09. The highest BCUT2D eigenvalue weighted by Gasteiger charge is 2.25. The highest BCUT2D eigenvalue weighted by molar-refractivity contribution is 9.10. The molecule has 1 heterocycles. The molecule has 0 saturated heterocycles. The summed E-state index contributed by atoms with van der Waals surface area (Å²) in [7, 11) is 1.95. The first kappa shape index (κ1) is 14.8. The molecule has 0 radical (unpaired) electrons. The zero-order valence-electron chi connectivity index (χ0n) is 11.2. The summed E-state index contributed by atoms with van der Waals surface area (Å²) in [5.74, 6) is 0. The molecule has 1 unspecified atom stereocenters. The van der Waals surface area contributed by atoms with Crippen molar-refractivity contribution in [3.8, 4) is 0 Å². The number of aryl methyl sites for hydroxylation is 2. The molecular formula is C14H17Br2N3. The van der Waals surface area contributed by atoms with Gasteiger partial charge in [-0.15, -0.1) is 0 Å². The van der Waals surface area contributed by atoms with E-state index in [1.165, 1.54) is 0 Å². The van der Waals surface area contributed by atoms with Gasteiger partial charge in [-0.1, -0.05) is 28.1 Å². The zero-order chi connectivity index (χ0) is 14.2. The molecule has 0 aliphatic heterocycles. The van der Waals surface area contributed by atoms with Crippen molar-refractivity contribution in [3.05, 3.63) is 50.2 Å². The highest BCUT2D eigenvalue weighted by Crippen LogP contribution is 2.29. The Bertz CT molecular complexity index is 603. The monoisotopic (exact) mass is 385 g/mol. The number of benzene rings is 1. The maximum atomic E-state index is 6.50. The number of nitrogens with zero attached hydrogens (tertiary/aromatic N) is 2. The largest absolute Gasteiger partial charge is 0.321 e. The summed E-state index contributed by atoms with van der Waals surface area (Å²) in [5, 5.41) is 4.41. The van der Waals surface area contributed by atoms with Crippen LogP contribution < -0.4 is 5.73 Å². The summed E-state index contributed by atoms with van der Waals surface area (Å²) in [6.45, 7) is 4.03. The lowest BCUT2D eigenvalue weighted by Crippen LogP contribution is -2.36. The molecule has 3 nitrogen and oxygen atoms in total. The topological polar surface area (TPSA) is 43.8 Å². The molecule has 2 N–H and O–H groups in total. The minimum Gasteiger partial charge on any atom is -0.321 e. The summed E-state index contributed by atoms with van der Waals surface area (Å²) >= 11 is 7.08. The van der Waals surface area contributed by atoms with Crippen molar-refractivity contribution < 1.29 is 0 Å². The normalized spacial score (nSPS) is 14.4. The average molecular weight is 387 g/mol. The van der Waals surface area contributed by atoms with E-state index in [1.807, 2.05) is 37.7 Å². The van der Waals surface area contributed by atoms with Gasteiger partial charge in [0.05, 0.1) is 15.9 Å². The molecule has 5 heteroatoms. The molecule has 1 aromatic heterocycles. The molecule has 0 amide bonds. The first-order valence-electron chi connectivity index (χ1n) is 6.04. The quantitative estimate of drug-likeness (QED) is 0.874. The van der Waals surface area contributed by atoms with Gasteiger partial charge in [0, 0.05) is 23.5 Å². The van der Waals surface area contributed by atoms with Crippen molar-refractivity contribution in [2.45, 2.75) is 25.8 Å². The van der Waals surface area contributed by atoms with Gasteiger partial charge in [-0.25, -0.2) is 0 Å². The Morgan fingerprint density at radius 3 is 2.58 bits per heavy atom. The fraction of sp³-hybridized carbons (Fsp3) is 0.357. The van der Waals surface area contributed by atoms with E-state index >= 15 is 0 Å². The van der Waals surface area contributed by atoms with Crippen LogP contribution in [0.1, 0.15) is 23.9 Å². The molecule has 2 aromatic rings. The minimum absolute atomic E-state index is 0.438. The van der Waals surface area contributed by atoms with Crippen LogP contribution in [0.3, 0.4) is 0 Å². The Balaban J connectivity index is 2.36. The summed E-state index contributed by atoms with van der Waals surface area (Å²) in [5.41, 5.74) is 9.27. The SMILES string of the molecule is Cc1nn(C)c(CC(C)(N)c2cccc(Br)c2)c1Br. The Labute approximate surface area is 130 Å². The number of aromatic nitrogens is 2. The van der Waals surface area contributed by atoms with Crippen LogP contribution in [-0.4, -0.2) is 9.78 Å². The van der Waals surface area contributed by atoms with Crippen molar-refractivity contribution in [3.63, 3.8) is 0 Å². The van der Waals surface area contributed by atoms with Crippen LogP contribution in [0.5, 0.6) is 0 Å². The molecule has 1 aromatic carbocycles. The van der Waals surface area contributed by atoms with E-state index in [4.69, 9.17) is 5.73 Å². The van der Waals surface area contributed by atoms with Crippen LogP contribution in [0, 0.1) is 6.92 Å². The maximum Gasteiger partial charge on any atom is 0.0738 e. The van der Waals surface area contributed by atoms with Gasteiger partial charge in [0.1, 0.15) is 0 Å². The fourth-order valence-corrected chi connectivity index (χ4v) is 3.04. The molecule has 0 bridgehead atoms. The van der Waals surface area contributed by atoms with E-state index < -0.39 is 5.54 Å². The predicted octanol–water partition coefficient (Wildman–Crippen LogP) is 3.67. The minimum atomic E-state index is -0.438. The summed E-state index contributed by atoms with van der Waals surface area (Å²) in [6.07, 6.45) is 0.724. The van der Waals surface area contributed by atoms with Gasteiger partial charge in [0.25, 0.3) is 0 Å². The second-order valence-corrected chi connectivity index (χ2v) is 6.78. The number of rotatable bonds is 3. The van der Waals surface area contributed by atoms with Crippen LogP contribution in [0.4, 0.5) is 0 Å². The van der Waals surface area contributed by atoms with Crippen LogP contribution in [-0.2, 0) is 19.0 Å².